The summed E-state index contributed by atoms with van der Waals surface area (Å²) in [4.78, 5) is 11.5. The molecule has 0 unspecified atom stereocenters. The molecule has 0 radical (unpaired) electrons. The Balaban J connectivity index is 1.65. The highest BCUT2D eigenvalue weighted by Crippen LogP contribution is 2.31. The number of nitrogens with one attached hydrogen (secondary N) is 1. The molecule has 2 saturated heterocycles. The number of hydrogen-bond donors (Lipinski definition) is 1. The second-order valence-electron chi connectivity index (χ2n) is 7.45. The second kappa shape index (κ2) is 9.72. The first-order valence-electron chi connectivity index (χ1n) is 10.1. The van der Waals surface area contributed by atoms with Crippen molar-refractivity contribution < 1.29 is 4.74 Å². The monoisotopic (exact) mass is 378 g/mol. The number of likely N-dealkylation sites (N-methyl/N-ethyl adjacent to an activating group) is 1. The number of ether oxygens (including phenoxy) is 1. The maximum absolute atomic E-state index is 5.67. The number of nitrogens with zero attached hydrogens (tertiary/aromatic N) is 3. The normalized spacial score (nSPS) is 21.1. The van der Waals surface area contributed by atoms with Crippen LogP contribution in [0, 0.1) is 0 Å². The van der Waals surface area contributed by atoms with Crippen LogP contribution in [0.2, 0.25) is 0 Å². The lowest BCUT2D eigenvalue weighted by Crippen LogP contribution is -2.54. The Hall–Kier alpha value is -1.11. The molecule has 2 aliphatic rings. The van der Waals surface area contributed by atoms with Crippen LogP contribution in [-0.2, 0) is 11.2 Å². The summed E-state index contributed by atoms with van der Waals surface area (Å²) in [5, 5.41) is 5.64. The van der Waals surface area contributed by atoms with Gasteiger partial charge in [0.25, 0.3) is 0 Å². The van der Waals surface area contributed by atoms with E-state index in [0.717, 1.165) is 58.1 Å². The highest BCUT2D eigenvalue weighted by atomic mass is 32.1. The Morgan fingerprint density at radius 3 is 2.77 bits per heavy atom. The van der Waals surface area contributed by atoms with Gasteiger partial charge in [-0.2, -0.15) is 0 Å². The van der Waals surface area contributed by atoms with Gasteiger partial charge in [-0.05, 0) is 63.6 Å². The van der Waals surface area contributed by atoms with Crippen molar-refractivity contribution in [1.82, 2.24) is 15.1 Å². The van der Waals surface area contributed by atoms with Gasteiger partial charge in [-0.1, -0.05) is 6.07 Å². The maximum Gasteiger partial charge on any atom is 0.193 e. The van der Waals surface area contributed by atoms with Gasteiger partial charge in [0.2, 0.25) is 0 Å². The van der Waals surface area contributed by atoms with E-state index in [2.05, 4.69) is 46.6 Å². The maximum atomic E-state index is 5.67. The lowest BCUT2D eigenvalue weighted by atomic mass is 9.88. The Kier molecular flexibility index (Phi) is 7.34. The van der Waals surface area contributed by atoms with Crippen LogP contribution in [0.1, 0.15) is 37.5 Å². The van der Waals surface area contributed by atoms with Crippen molar-refractivity contribution in [2.24, 2.45) is 4.99 Å². The summed E-state index contributed by atoms with van der Waals surface area (Å²) in [6, 6.07) is 4.34. The molecule has 3 heterocycles. The first kappa shape index (κ1) is 19.6. The lowest BCUT2D eigenvalue weighted by molar-refractivity contribution is -0.0139. The first-order valence-corrected chi connectivity index (χ1v) is 11.0. The highest BCUT2D eigenvalue weighted by Gasteiger charge is 2.39. The van der Waals surface area contributed by atoms with Gasteiger partial charge in [-0.25, -0.2) is 0 Å². The van der Waals surface area contributed by atoms with Crippen LogP contribution >= 0.6 is 11.3 Å². The molecule has 5 nitrogen and oxygen atoms in total. The SMILES string of the molecule is CCNC(=NCC1(N2CCCC2)CCOCC1)N(C)CCc1cccs1. The van der Waals surface area contributed by atoms with Crippen molar-refractivity contribution in [2.75, 3.05) is 53.0 Å². The molecule has 1 aromatic heterocycles. The second-order valence-corrected chi connectivity index (χ2v) is 8.48. The quantitative estimate of drug-likeness (QED) is 0.585. The van der Waals surface area contributed by atoms with E-state index in [-0.39, 0.29) is 5.54 Å². The molecule has 0 amide bonds. The van der Waals surface area contributed by atoms with Crippen LogP contribution in [-0.4, -0.2) is 74.3 Å². The highest BCUT2D eigenvalue weighted by molar-refractivity contribution is 7.09. The molecule has 0 saturated carbocycles. The zero-order chi connectivity index (χ0) is 18.2. The van der Waals surface area contributed by atoms with Crippen LogP contribution < -0.4 is 5.32 Å². The van der Waals surface area contributed by atoms with E-state index in [1.807, 2.05) is 11.3 Å². The molecule has 3 rings (SSSR count). The van der Waals surface area contributed by atoms with Crippen molar-refractivity contribution >= 4 is 17.3 Å². The van der Waals surface area contributed by atoms with E-state index in [1.54, 1.807) is 0 Å². The predicted octanol–water partition coefficient (Wildman–Crippen LogP) is 2.83. The van der Waals surface area contributed by atoms with E-state index in [9.17, 15) is 0 Å². The zero-order valence-corrected chi connectivity index (χ0v) is 17.2. The fourth-order valence-corrected chi connectivity index (χ4v) is 4.75. The molecule has 2 aliphatic heterocycles. The minimum absolute atomic E-state index is 0.198. The van der Waals surface area contributed by atoms with Crippen molar-refractivity contribution in [1.29, 1.82) is 0 Å². The Morgan fingerprint density at radius 1 is 1.35 bits per heavy atom. The molecule has 0 atom stereocenters. The molecule has 1 aromatic rings. The van der Waals surface area contributed by atoms with Crippen molar-refractivity contribution in [2.45, 2.75) is 44.6 Å². The Labute approximate surface area is 162 Å². The molecular formula is C20H34N4OS. The van der Waals surface area contributed by atoms with E-state index in [0.29, 0.717) is 0 Å². The molecule has 26 heavy (non-hydrogen) atoms. The topological polar surface area (TPSA) is 40.1 Å². The van der Waals surface area contributed by atoms with Gasteiger partial charge in [0, 0.05) is 43.8 Å². The number of likely N-dealkylation sites (tertiary alicyclic amines) is 1. The molecule has 6 heteroatoms. The van der Waals surface area contributed by atoms with Crippen LogP contribution in [0.4, 0.5) is 0 Å². The first-order chi connectivity index (χ1) is 12.7. The summed E-state index contributed by atoms with van der Waals surface area (Å²) in [7, 11) is 2.15. The number of aliphatic imine (C=N–C) groups is 1. The van der Waals surface area contributed by atoms with Gasteiger partial charge in [0.1, 0.15) is 0 Å². The van der Waals surface area contributed by atoms with Gasteiger partial charge < -0.3 is 15.0 Å². The summed E-state index contributed by atoms with van der Waals surface area (Å²) < 4.78 is 5.67. The van der Waals surface area contributed by atoms with Crippen LogP contribution in [0.3, 0.4) is 0 Å². The average molecular weight is 379 g/mol. The average Bonchev–Trinajstić information content (AvgIpc) is 3.38. The minimum Gasteiger partial charge on any atom is -0.381 e. The smallest absolute Gasteiger partial charge is 0.193 e. The molecule has 0 aliphatic carbocycles. The van der Waals surface area contributed by atoms with E-state index >= 15 is 0 Å². The summed E-state index contributed by atoms with van der Waals surface area (Å²) in [5.41, 5.74) is 0.198. The Morgan fingerprint density at radius 2 is 2.12 bits per heavy atom. The van der Waals surface area contributed by atoms with E-state index in [1.165, 1.54) is 30.8 Å². The molecule has 0 bridgehead atoms. The van der Waals surface area contributed by atoms with Crippen molar-refractivity contribution in [3.63, 3.8) is 0 Å². The molecule has 0 aromatic carbocycles. The summed E-state index contributed by atoms with van der Waals surface area (Å²) in [6.45, 7) is 9.11. The zero-order valence-electron chi connectivity index (χ0n) is 16.4. The Bertz CT molecular complexity index is 548. The molecule has 1 N–H and O–H groups in total. The number of thiophene rings is 1. The van der Waals surface area contributed by atoms with E-state index in [4.69, 9.17) is 9.73 Å². The van der Waals surface area contributed by atoms with Crippen molar-refractivity contribution in [3.8, 4) is 0 Å². The summed E-state index contributed by atoms with van der Waals surface area (Å²) in [6.07, 6.45) is 5.94. The molecule has 0 spiro atoms. The van der Waals surface area contributed by atoms with Crippen molar-refractivity contribution in [3.05, 3.63) is 22.4 Å². The van der Waals surface area contributed by atoms with Crippen LogP contribution in [0.5, 0.6) is 0 Å². The third kappa shape index (κ3) is 4.99. The minimum atomic E-state index is 0.198. The third-order valence-electron chi connectivity index (χ3n) is 5.69. The van der Waals surface area contributed by atoms with Gasteiger partial charge in [-0.3, -0.25) is 9.89 Å². The van der Waals surface area contributed by atoms with Gasteiger partial charge in [0.15, 0.2) is 5.96 Å². The molecule has 2 fully saturated rings. The van der Waals surface area contributed by atoms with E-state index < -0.39 is 0 Å². The van der Waals surface area contributed by atoms with Gasteiger partial charge in [-0.15, -0.1) is 11.3 Å². The lowest BCUT2D eigenvalue weighted by Gasteiger charge is -2.43. The van der Waals surface area contributed by atoms with Crippen LogP contribution in [0.25, 0.3) is 0 Å². The van der Waals surface area contributed by atoms with Gasteiger partial charge in [0.05, 0.1) is 6.54 Å². The summed E-state index contributed by atoms with van der Waals surface area (Å²) in [5.74, 6) is 1.04. The number of rotatable bonds is 7. The number of guanidine groups is 1. The van der Waals surface area contributed by atoms with Gasteiger partial charge >= 0.3 is 0 Å². The summed E-state index contributed by atoms with van der Waals surface area (Å²) >= 11 is 1.83. The predicted molar refractivity (Wildman–Crippen MR) is 110 cm³/mol. The fourth-order valence-electron chi connectivity index (χ4n) is 4.05. The standard InChI is InChI=1S/C20H34N4OS/c1-3-21-19(23(2)13-8-18-7-6-16-26-18)22-17-20(9-14-25-15-10-20)24-11-4-5-12-24/h6-7,16H,3-5,8-15,17H2,1-2H3,(H,21,22). The fraction of sp³-hybridized carbons (Fsp3) is 0.750. The third-order valence-corrected chi connectivity index (χ3v) is 6.63. The van der Waals surface area contributed by atoms with Crippen LogP contribution in [0.15, 0.2) is 22.5 Å². The number of hydrogen-bond acceptors (Lipinski definition) is 4. The largest absolute Gasteiger partial charge is 0.381 e. The molecular weight excluding hydrogens is 344 g/mol. The molecule has 146 valence electrons.